The quantitative estimate of drug-likeness (QED) is 0.913. The lowest BCUT2D eigenvalue weighted by molar-refractivity contribution is -0.00474. The average molecular weight is 258 g/mol. The number of hydrogen-bond acceptors (Lipinski definition) is 4. The molecule has 0 spiro atoms. The molecule has 0 atom stereocenters. The highest BCUT2D eigenvalue weighted by Crippen LogP contribution is 2.35. The van der Waals surface area contributed by atoms with Crippen LogP contribution in [0.3, 0.4) is 0 Å². The van der Waals surface area contributed by atoms with Crippen LogP contribution in [0.1, 0.15) is 43.5 Å². The third-order valence-electron chi connectivity index (χ3n) is 3.75. The second-order valence-corrected chi connectivity index (χ2v) is 5.21. The number of pyridine rings is 1. The van der Waals surface area contributed by atoms with E-state index < -0.39 is 5.60 Å². The molecule has 5 heteroatoms. The van der Waals surface area contributed by atoms with Gasteiger partial charge in [0, 0.05) is 6.20 Å². The molecule has 2 aromatic heterocycles. The van der Waals surface area contributed by atoms with E-state index in [0.29, 0.717) is 12.2 Å². The Morgan fingerprint density at radius 3 is 2.79 bits per heavy atom. The molecule has 0 bridgehead atoms. The van der Waals surface area contributed by atoms with E-state index in [0.717, 1.165) is 31.4 Å². The highest BCUT2D eigenvalue weighted by atomic mass is 16.3. The Morgan fingerprint density at radius 1 is 1.21 bits per heavy atom. The fourth-order valence-electron chi connectivity index (χ4n) is 2.64. The molecule has 0 aromatic carbocycles. The molecule has 1 fully saturated rings. The maximum absolute atomic E-state index is 10.6. The van der Waals surface area contributed by atoms with E-state index in [1.54, 1.807) is 10.9 Å². The van der Waals surface area contributed by atoms with Crippen molar-refractivity contribution in [2.24, 2.45) is 0 Å². The van der Waals surface area contributed by atoms with Crippen LogP contribution in [-0.2, 0) is 12.1 Å². The Bertz CT molecular complexity index is 531. The van der Waals surface area contributed by atoms with E-state index >= 15 is 0 Å². The van der Waals surface area contributed by atoms with Gasteiger partial charge in [0.15, 0.2) is 0 Å². The summed E-state index contributed by atoms with van der Waals surface area (Å²) >= 11 is 0. The molecule has 0 saturated heterocycles. The number of rotatable bonds is 3. The summed E-state index contributed by atoms with van der Waals surface area (Å²) in [5.74, 6) is 0. The second kappa shape index (κ2) is 5.09. The van der Waals surface area contributed by atoms with Crippen molar-refractivity contribution in [1.82, 2.24) is 20.0 Å². The van der Waals surface area contributed by atoms with E-state index in [2.05, 4.69) is 15.3 Å². The lowest BCUT2D eigenvalue weighted by Crippen LogP contribution is -2.28. The molecule has 1 aliphatic rings. The Morgan fingerprint density at radius 2 is 2.05 bits per heavy atom. The molecule has 2 aromatic rings. The van der Waals surface area contributed by atoms with Crippen LogP contribution in [0.5, 0.6) is 0 Å². The van der Waals surface area contributed by atoms with Crippen LogP contribution in [0.4, 0.5) is 0 Å². The molecular weight excluding hydrogens is 240 g/mol. The van der Waals surface area contributed by atoms with Crippen molar-refractivity contribution in [1.29, 1.82) is 0 Å². The molecule has 0 unspecified atom stereocenters. The fraction of sp³-hybridized carbons (Fsp3) is 0.500. The lowest BCUT2D eigenvalue weighted by Gasteiger charge is -2.29. The molecule has 100 valence electrons. The monoisotopic (exact) mass is 258 g/mol. The van der Waals surface area contributed by atoms with Crippen LogP contribution < -0.4 is 0 Å². The van der Waals surface area contributed by atoms with Crippen molar-refractivity contribution in [2.75, 3.05) is 0 Å². The average Bonchev–Trinajstić information content (AvgIpc) is 2.90. The smallest absolute Gasteiger partial charge is 0.114 e. The second-order valence-electron chi connectivity index (χ2n) is 5.21. The van der Waals surface area contributed by atoms with Gasteiger partial charge in [-0.25, -0.2) is 4.68 Å². The summed E-state index contributed by atoms with van der Waals surface area (Å²) in [6.45, 7) is 0.587. The van der Waals surface area contributed by atoms with Gasteiger partial charge in [0.25, 0.3) is 0 Å². The predicted octanol–water partition coefficient (Wildman–Crippen LogP) is 1.87. The van der Waals surface area contributed by atoms with Crippen molar-refractivity contribution >= 4 is 0 Å². The minimum Gasteiger partial charge on any atom is -0.383 e. The SMILES string of the molecule is OC1(c2cn(Cc3ccccn3)nn2)CCCCC1. The summed E-state index contributed by atoms with van der Waals surface area (Å²) in [4.78, 5) is 4.26. The van der Waals surface area contributed by atoms with E-state index in [9.17, 15) is 5.11 Å². The molecule has 0 amide bonds. The third-order valence-corrected chi connectivity index (χ3v) is 3.75. The van der Waals surface area contributed by atoms with Crippen LogP contribution in [-0.4, -0.2) is 25.1 Å². The lowest BCUT2D eigenvalue weighted by atomic mass is 9.83. The van der Waals surface area contributed by atoms with Gasteiger partial charge in [0.05, 0.1) is 18.4 Å². The predicted molar refractivity (Wildman–Crippen MR) is 70.3 cm³/mol. The van der Waals surface area contributed by atoms with Crippen LogP contribution in [0, 0.1) is 0 Å². The highest BCUT2D eigenvalue weighted by Gasteiger charge is 2.33. The molecule has 5 nitrogen and oxygen atoms in total. The van der Waals surface area contributed by atoms with E-state index in [-0.39, 0.29) is 0 Å². The van der Waals surface area contributed by atoms with Gasteiger partial charge < -0.3 is 5.11 Å². The molecule has 0 radical (unpaired) electrons. The maximum Gasteiger partial charge on any atom is 0.114 e. The number of hydrogen-bond donors (Lipinski definition) is 1. The largest absolute Gasteiger partial charge is 0.383 e. The minimum atomic E-state index is -0.777. The topological polar surface area (TPSA) is 63.8 Å². The summed E-state index contributed by atoms with van der Waals surface area (Å²) in [5, 5.41) is 18.8. The molecule has 1 aliphatic carbocycles. The first-order chi connectivity index (χ1) is 9.26. The van der Waals surface area contributed by atoms with Gasteiger partial charge in [-0.15, -0.1) is 5.10 Å². The van der Waals surface area contributed by atoms with Gasteiger partial charge in [-0.05, 0) is 25.0 Å². The van der Waals surface area contributed by atoms with Crippen molar-refractivity contribution in [3.8, 4) is 0 Å². The van der Waals surface area contributed by atoms with Crippen LogP contribution in [0.2, 0.25) is 0 Å². The van der Waals surface area contributed by atoms with Gasteiger partial charge in [-0.2, -0.15) is 0 Å². The molecular formula is C14H18N4O. The van der Waals surface area contributed by atoms with Crippen molar-refractivity contribution in [3.05, 3.63) is 42.0 Å². The summed E-state index contributed by atoms with van der Waals surface area (Å²) < 4.78 is 1.74. The standard InChI is InChI=1S/C14H18N4O/c19-14(7-3-1-4-8-14)13-11-18(17-16-13)10-12-6-2-5-9-15-12/h2,5-6,9,11,19H,1,3-4,7-8,10H2. The summed E-state index contributed by atoms with van der Waals surface area (Å²) in [6, 6.07) is 5.80. The zero-order valence-electron chi connectivity index (χ0n) is 10.9. The molecule has 1 saturated carbocycles. The first-order valence-electron chi connectivity index (χ1n) is 6.79. The Kier molecular flexibility index (Phi) is 3.29. The number of aromatic nitrogens is 4. The van der Waals surface area contributed by atoms with Crippen molar-refractivity contribution in [3.63, 3.8) is 0 Å². The van der Waals surface area contributed by atoms with E-state index in [1.165, 1.54) is 6.42 Å². The normalized spacial score (nSPS) is 18.4. The Balaban J connectivity index is 1.76. The van der Waals surface area contributed by atoms with Gasteiger partial charge in [-0.3, -0.25) is 4.98 Å². The molecule has 0 aliphatic heterocycles. The van der Waals surface area contributed by atoms with Crippen LogP contribution in [0.25, 0.3) is 0 Å². The maximum atomic E-state index is 10.6. The Labute approximate surface area is 112 Å². The Hall–Kier alpha value is -1.75. The van der Waals surface area contributed by atoms with Crippen LogP contribution in [0.15, 0.2) is 30.6 Å². The molecule has 1 N–H and O–H groups in total. The van der Waals surface area contributed by atoms with Gasteiger partial charge >= 0.3 is 0 Å². The zero-order chi connectivity index (χ0) is 13.1. The first kappa shape index (κ1) is 12.3. The van der Waals surface area contributed by atoms with Gasteiger partial charge in [-0.1, -0.05) is 30.5 Å². The molecule has 3 rings (SSSR count). The summed E-state index contributed by atoms with van der Waals surface area (Å²) in [7, 11) is 0. The summed E-state index contributed by atoms with van der Waals surface area (Å²) in [6.07, 6.45) is 8.50. The molecule has 19 heavy (non-hydrogen) atoms. The van der Waals surface area contributed by atoms with Crippen molar-refractivity contribution in [2.45, 2.75) is 44.2 Å². The minimum absolute atomic E-state index is 0.587. The first-order valence-corrected chi connectivity index (χ1v) is 6.79. The zero-order valence-corrected chi connectivity index (χ0v) is 10.9. The summed E-state index contributed by atoms with van der Waals surface area (Å²) in [5.41, 5.74) is 0.860. The van der Waals surface area contributed by atoms with Gasteiger partial charge in [0.1, 0.15) is 11.3 Å². The van der Waals surface area contributed by atoms with Gasteiger partial charge in [0.2, 0.25) is 0 Å². The van der Waals surface area contributed by atoms with Crippen molar-refractivity contribution < 1.29 is 5.11 Å². The van der Waals surface area contributed by atoms with E-state index in [1.807, 2.05) is 24.4 Å². The van der Waals surface area contributed by atoms with E-state index in [4.69, 9.17) is 0 Å². The van der Waals surface area contributed by atoms with Crippen LogP contribution >= 0.6 is 0 Å². The number of aliphatic hydroxyl groups is 1. The number of nitrogens with zero attached hydrogens (tertiary/aromatic N) is 4. The molecule has 2 heterocycles. The highest BCUT2D eigenvalue weighted by molar-refractivity contribution is 5.09. The third kappa shape index (κ3) is 2.66. The fourth-order valence-corrected chi connectivity index (χ4v) is 2.64.